The molecule has 1 aliphatic rings. The van der Waals surface area contributed by atoms with E-state index >= 15 is 0 Å². The Morgan fingerprint density at radius 3 is 2.73 bits per heavy atom. The van der Waals surface area contributed by atoms with Crippen molar-refractivity contribution >= 4 is 11.8 Å². The second-order valence-corrected chi connectivity index (χ2v) is 5.38. The molecule has 22 heavy (non-hydrogen) atoms. The number of carbonyl (C=O) groups is 2. The van der Waals surface area contributed by atoms with E-state index in [0.29, 0.717) is 13.1 Å². The summed E-state index contributed by atoms with van der Waals surface area (Å²) in [6, 6.07) is 9.79. The molecule has 0 saturated carbocycles. The van der Waals surface area contributed by atoms with Crippen molar-refractivity contribution in [3.8, 4) is 0 Å². The van der Waals surface area contributed by atoms with Crippen molar-refractivity contribution in [2.45, 2.75) is 25.5 Å². The van der Waals surface area contributed by atoms with Gasteiger partial charge in [-0.3, -0.25) is 9.59 Å². The molecule has 2 rings (SSSR count). The van der Waals surface area contributed by atoms with Crippen LogP contribution in [0.1, 0.15) is 18.4 Å². The highest BCUT2D eigenvalue weighted by molar-refractivity contribution is 5.85. The van der Waals surface area contributed by atoms with E-state index in [2.05, 4.69) is 5.32 Å². The summed E-state index contributed by atoms with van der Waals surface area (Å²) in [6.45, 7) is 1.67. The standard InChI is InChI=1S/C16H23N3O3/c17-9-15(20)18-10-16(21)19(12-14-7-4-8-22-14)11-13-5-2-1-3-6-13/h1-3,5-6,14H,4,7-12,17H2,(H,18,20). The maximum atomic E-state index is 12.4. The van der Waals surface area contributed by atoms with Gasteiger partial charge in [0, 0.05) is 19.7 Å². The number of nitrogens with two attached hydrogens (primary N) is 1. The number of benzene rings is 1. The fraction of sp³-hybridized carbons (Fsp3) is 0.500. The molecule has 3 N–H and O–H groups in total. The lowest BCUT2D eigenvalue weighted by atomic mass is 10.2. The summed E-state index contributed by atoms with van der Waals surface area (Å²) in [6.07, 6.45) is 2.08. The van der Waals surface area contributed by atoms with E-state index in [4.69, 9.17) is 10.5 Å². The Hall–Kier alpha value is -1.92. The monoisotopic (exact) mass is 305 g/mol. The highest BCUT2D eigenvalue weighted by Gasteiger charge is 2.22. The molecule has 120 valence electrons. The summed E-state index contributed by atoms with van der Waals surface area (Å²) in [7, 11) is 0. The maximum absolute atomic E-state index is 12.4. The van der Waals surface area contributed by atoms with Crippen molar-refractivity contribution in [3.05, 3.63) is 35.9 Å². The lowest BCUT2D eigenvalue weighted by Crippen LogP contribution is -2.44. The Kier molecular flexibility index (Phi) is 6.36. The van der Waals surface area contributed by atoms with Crippen LogP contribution in [-0.4, -0.2) is 49.1 Å². The molecule has 1 fully saturated rings. The summed E-state index contributed by atoms with van der Waals surface area (Å²) in [4.78, 5) is 25.3. The second-order valence-electron chi connectivity index (χ2n) is 5.38. The van der Waals surface area contributed by atoms with Crippen molar-refractivity contribution < 1.29 is 14.3 Å². The van der Waals surface area contributed by atoms with Gasteiger partial charge in [-0.25, -0.2) is 0 Å². The average molecular weight is 305 g/mol. The number of rotatable bonds is 7. The fourth-order valence-electron chi connectivity index (χ4n) is 2.45. The van der Waals surface area contributed by atoms with Gasteiger partial charge in [0.25, 0.3) is 0 Å². The maximum Gasteiger partial charge on any atom is 0.242 e. The van der Waals surface area contributed by atoms with Crippen LogP contribution >= 0.6 is 0 Å². The van der Waals surface area contributed by atoms with E-state index in [9.17, 15) is 9.59 Å². The summed E-state index contributed by atoms with van der Waals surface area (Å²) in [5.74, 6) is -0.453. The first kappa shape index (κ1) is 16.5. The molecular weight excluding hydrogens is 282 g/mol. The quantitative estimate of drug-likeness (QED) is 0.757. The van der Waals surface area contributed by atoms with E-state index in [1.165, 1.54) is 0 Å². The van der Waals surface area contributed by atoms with Gasteiger partial charge in [0.2, 0.25) is 11.8 Å². The van der Waals surface area contributed by atoms with E-state index in [0.717, 1.165) is 25.0 Å². The molecule has 2 amide bonds. The SMILES string of the molecule is NCC(=O)NCC(=O)N(Cc1ccccc1)CC1CCCO1. The molecule has 1 atom stereocenters. The molecule has 1 saturated heterocycles. The van der Waals surface area contributed by atoms with Crippen LogP contribution in [0.3, 0.4) is 0 Å². The van der Waals surface area contributed by atoms with Gasteiger partial charge in [0.1, 0.15) is 0 Å². The third-order valence-corrected chi connectivity index (χ3v) is 3.64. The van der Waals surface area contributed by atoms with Gasteiger partial charge in [0.05, 0.1) is 19.2 Å². The first-order valence-electron chi connectivity index (χ1n) is 7.59. The average Bonchev–Trinajstić information content (AvgIpc) is 3.05. The van der Waals surface area contributed by atoms with Gasteiger partial charge in [-0.2, -0.15) is 0 Å². The number of ether oxygens (including phenoxy) is 1. The van der Waals surface area contributed by atoms with Crippen LogP contribution < -0.4 is 11.1 Å². The Labute approximate surface area is 130 Å². The molecule has 1 aromatic rings. The largest absolute Gasteiger partial charge is 0.376 e. The lowest BCUT2D eigenvalue weighted by molar-refractivity contribution is -0.134. The normalized spacial score (nSPS) is 17.2. The minimum atomic E-state index is -0.329. The van der Waals surface area contributed by atoms with Crippen LogP contribution in [0.4, 0.5) is 0 Å². The molecule has 6 nitrogen and oxygen atoms in total. The van der Waals surface area contributed by atoms with Crippen LogP contribution in [0, 0.1) is 0 Å². The molecule has 0 spiro atoms. The van der Waals surface area contributed by atoms with E-state index < -0.39 is 0 Å². The van der Waals surface area contributed by atoms with Crippen LogP contribution in [0.5, 0.6) is 0 Å². The Morgan fingerprint density at radius 2 is 2.09 bits per heavy atom. The van der Waals surface area contributed by atoms with E-state index in [1.807, 2.05) is 30.3 Å². The number of amides is 2. The number of carbonyl (C=O) groups excluding carboxylic acids is 2. The highest BCUT2D eigenvalue weighted by Crippen LogP contribution is 2.15. The highest BCUT2D eigenvalue weighted by atomic mass is 16.5. The third kappa shape index (κ3) is 5.13. The van der Waals surface area contributed by atoms with Crippen LogP contribution in [-0.2, 0) is 20.9 Å². The van der Waals surface area contributed by atoms with Crippen molar-refractivity contribution in [1.29, 1.82) is 0 Å². The van der Waals surface area contributed by atoms with Crippen molar-refractivity contribution in [3.63, 3.8) is 0 Å². The van der Waals surface area contributed by atoms with Crippen molar-refractivity contribution in [2.75, 3.05) is 26.2 Å². The molecule has 0 aliphatic carbocycles. The van der Waals surface area contributed by atoms with Crippen molar-refractivity contribution in [2.24, 2.45) is 5.73 Å². The van der Waals surface area contributed by atoms with Crippen LogP contribution in [0.15, 0.2) is 30.3 Å². The first-order chi connectivity index (χ1) is 10.7. The van der Waals surface area contributed by atoms with Gasteiger partial charge < -0.3 is 20.7 Å². The second kappa shape index (κ2) is 8.51. The molecule has 0 aromatic heterocycles. The molecule has 1 heterocycles. The summed E-state index contributed by atoms with van der Waals surface area (Å²) >= 11 is 0. The Morgan fingerprint density at radius 1 is 1.32 bits per heavy atom. The van der Waals surface area contributed by atoms with Gasteiger partial charge in [-0.15, -0.1) is 0 Å². The Bertz CT molecular complexity index is 487. The zero-order valence-corrected chi connectivity index (χ0v) is 12.7. The molecular formula is C16H23N3O3. The van der Waals surface area contributed by atoms with Crippen LogP contribution in [0.25, 0.3) is 0 Å². The topological polar surface area (TPSA) is 84.7 Å². The summed E-state index contributed by atoms with van der Waals surface area (Å²) < 4.78 is 5.62. The number of hydrogen-bond donors (Lipinski definition) is 2. The molecule has 1 aliphatic heterocycles. The van der Waals surface area contributed by atoms with Crippen LogP contribution in [0.2, 0.25) is 0 Å². The summed E-state index contributed by atoms with van der Waals surface area (Å²) in [5.41, 5.74) is 6.29. The minimum absolute atomic E-state index is 0.0322. The molecule has 1 unspecified atom stereocenters. The fourth-order valence-corrected chi connectivity index (χ4v) is 2.45. The Balaban J connectivity index is 1.96. The predicted molar refractivity (Wildman–Crippen MR) is 82.9 cm³/mol. The number of nitrogens with zero attached hydrogens (tertiary/aromatic N) is 1. The van der Waals surface area contributed by atoms with E-state index in [-0.39, 0.29) is 31.0 Å². The smallest absolute Gasteiger partial charge is 0.242 e. The molecule has 0 radical (unpaired) electrons. The van der Waals surface area contributed by atoms with Gasteiger partial charge in [0.15, 0.2) is 0 Å². The molecule has 6 heteroatoms. The van der Waals surface area contributed by atoms with Gasteiger partial charge in [-0.1, -0.05) is 30.3 Å². The lowest BCUT2D eigenvalue weighted by Gasteiger charge is -2.25. The summed E-state index contributed by atoms with van der Waals surface area (Å²) in [5, 5.41) is 2.53. The third-order valence-electron chi connectivity index (χ3n) is 3.64. The first-order valence-corrected chi connectivity index (χ1v) is 7.59. The zero-order valence-electron chi connectivity index (χ0n) is 12.7. The molecule has 1 aromatic carbocycles. The van der Waals surface area contributed by atoms with Gasteiger partial charge >= 0.3 is 0 Å². The van der Waals surface area contributed by atoms with Crippen molar-refractivity contribution in [1.82, 2.24) is 10.2 Å². The number of nitrogens with one attached hydrogen (secondary N) is 1. The number of hydrogen-bond acceptors (Lipinski definition) is 4. The predicted octanol–water partition coefficient (Wildman–Crippen LogP) is 0.269. The zero-order chi connectivity index (χ0) is 15.8. The van der Waals surface area contributed by atoms with Gasteiger partial charge in [-0.05, 0) is 18.4 Å². The minimum Gasteiger partial charge on any atom is -0.376 e. The molecule has 0 bridgehead atoms. The van der Waals surface area contributed by atoms with E-state index in [1.54, 1.807) is 4.90 Å².